The van der Waals surface area contributed by atoms with Crippen LogP contribution in [0.15, 0.2) is 23.2 Å². The van der Waals surface area contributed by atoms with E-state index in [2.05, 4.69) is 16.4 Å². The highest BCUT2D eigenvalue weighted by Crippen LogP contribution is 2.30. The fourth-order valence-corrected chi connectivity index (χ4v) is 3.42. The molecule has 1 aromatic carbocycles. The van der Waals surface area contributed by atoms with Gasteiger partial charge in [-0.05, 0) is 37.6 Å². The maximum absolute atomic E-state index is 12.1. The van der Waals surface area contributed by atoms with Gasteiger partial charge in [0.1, 0.15) is 11.1 Å². The van der Waals surface area contributed by atoms with Crippen LogP contribution in [-0.2, 0) is 4.79 Å². The fraction of sp³-hybridized carbons (Fsp3) is 0.188. The van der Waals surface area contributed by atoms with Gasteiger partial charge in [-0.1, -0.05) is 46.6 Å². The largest absolute Gasteiger partial charge is 0.324 e. The number of hydrogen-bond donors (Lipinski definition) is 1. The standard InChI is InChI=1S/C16H12Cl3N3OS/c1-8-11(6-20)16(21-9(2)15(8)19)24-7-14(23)22-13-4-3-10(17)5-12(13)18/h3-5H,7H2,1-2H3,(H,22,23). The molecule has 0 bridgehead atoms. The second-order valence-electron chi connectivity index (χ2n) is 4.89. The number of benzene rings is 1. The molecule has 8 heteroatoms. The van der Waals surface area contributed by atoms with Crippen molar-refractivity contribution in [3.63, 3.8) is 0 Å². The van der Waals surface area contributed by atoms with Crippen molar-refractivity contribution in [1.29, 1.82) is 5.26 Å². The van der Waals surface area contributed by atoms with Crippen LogP contribution >= 0.6 is 46.6 Å². The van der Waals surface area contributed by atoms with E-state index in [4.69, 9.17) is 34.8 Å². The second-order valence-corrected chi connectivity index (χ2v) is 7.07. The summed E-state index contributed by atoms with van der Waals surface area (Å²) < 4.78 is 0. The summed E-state index contributed by atoms with van der Waals surface area (Å²) >= 11 is 19.1. The molecule has 1 heterocycles. The Labute approximate surface area is 159 Å². The van der Waals surface area contributed by atoms with Gasteiger partial charge in [-0.25, -0.2) is 4.98 Å². The van der Waals surface area contributed by atoms with Gasteiger partial charge in [0.2, 0.25) is 5.91 Å². The molecule has 0 fully saturated rings. The number of nitrogens with zero attached hydrogens (tertiary/aromatic N) is 2. The van der Waals surface area contributed by atoms with Gasteiger partial charge in [0, 0.05) is 5.02 Å². The normalized spacial score (nSPS) is 10.3. The first-order chi connectivity index (χ1) is 11.3. The Morgan fingerprint density at radius 3 is 2.67 bits per heavy atom. The first-order valence-corrected chi connectivity index (χ1v) is 8.90. The molecule has 4 nitrogen and oxygen atoms in total. The van der Waals surface area contributed by atoms with Crippen LogP contribution in [0.4, 0.5) is 5.69 Å². The number of carbonyl (C=O) groups is 1. The van der Waals surface area contributed by atoms with E-state index < -0.39 is 0 Å². The molecule has 0 unspecified atom stereocenters. The third-order valence-electron chi connectivity index (χ3n) is 3.16. The maximum atomic E-state index is 12.1. The molecule has 0 saturated carbocycles. The Morgan fingerprint density at radius 2 is 2.04 bits per heavy atom. The van der Waals surface area contributed by atoms with Crippen LogP contribution < -0.4 is 5.32 Å². The van der Waals surface area contributed by atoms with Crippen LogP contribution in [-0.4, -0.2) is 16.6 Å². The number of amides is 1. The zero-order valence-corrected chi connectivity index (χ0v) is 15.9. The summed E-state index contributed by atoms with van der Waals surface area (Å²) in [5, 5.41) is 13.8. The lowest BCUT2D eigenvalue weighted by Crippen LogP contribution is -2.14. The van der Waals surface area contributed by atoms with Gasteiger partial charge in [-0.2, -0.15) is 5.26 Å². The molecule has 1 aromatic heterocycles. The van der Waals surface area contributed by atoms with Crippen molar-refractivity contribution < 1.29 is 4.79 Å². The number of rotatable bonds is 4. The number of nitriles is 1. The van der Waals surface area contributed by atoms with Crippen molar-refractivity contribution in [3.8, 4) is 6.07 Å². The van der Waals surface area contributed by atoms with E-state index in [-0.39, 0.29) is 11.7 Å². The van der Waals surface area contributed by atoms with Gasteiger partial charge in [0.25, 0.3) is 0 Å². The van der Waals surface area contributed by atoms with Crippen molar-refractivity contribution in [1.82, 2.24) is 4.98 Å². The molecule has 1 N–H and O–H groups in total. The molecule has 0 aliphatic rings. The van der Waals surface area contributed by atoms with Crippen molar-refractivity contribution in [2.75, 3.05) is 11.1 Å². The molecule has 0 aliphatic heterocycles. The minimum Gasteiger partial charge on any atom is -0.324 e. The zero-order valence-electron chi connectivity index (χ0n) is 12.8. The van der Waals surface area contributed by atoms with E-state index in [0.717, 1.165) is 0 Å². The molecular weight excluding hydrogens is 389 g/mol. The first-order valence-electron chi connectivity index (χ1n) is 6.78. The Hall–Kier alpha value is -1.45. The van der Waals surface area contributed by atoms with Gasteiger partial charge >= 0.3 is 0 Å². The molecule has 2 rings (SSSR count). The van der Waals surface area contributed by atoms with Gasteiger partial charge in [0.05, 0.1) is 32.7 Å². The van der Waals surface area contributed by atoms with Crippen molar-refractivity contribution in [3.05, 3.63) is 50.1 Å². The van der Waals surface area contributed by atoms with Crippen molar-refractivity contribution in [2.45, 2.75) is 18.9 Å². The number of pyridine rings is 1. The number of halogens is 3. The number of carbonyl (C=O) groups excluding carboxylic acids is 1. The Kier molecular flexibility index (Phi) is 6.36. The van der Waals surface area contributed by atoms with Gasteiger partial charge < -0.3 is 5.32 Å². The lowest BCUT2D eigenvalue weighted by Gasteiger charge is -2.10. The molecule has 2 aromatic rings. The Bertz CT molecular complexity index is 849. The van der Waals surface area contributed by atoms with Gasteiger partial charge in [-0.15, -0.1) is 0 Å². The van der Waals surface area contributed by atoms with Crippen LogP contribution in [0.2, 0.25) is 15.1 Å². The minimum atomic E-state index is -0.264. The number of anilines is 1. The van der Waals surface area contributed by atoms with E-state index in [0.29, 0.717) is 42.6 Å². The molecule has 0 atom stereocenters. The maximum Gasteiger partial charge on any atom is 0.234 e. The summed E-state index contributed by atoms with van der Waals surface area (Å²) in [5.41, 5.74) is 2.14. The molecular formula is C16H12Cl3N3OS. The average molecular weight is 401 g/mol. The molecule has 0 spiro atoms. The molecule has 0 saturated heterocycles. The van der Waals surface area contributed by atoms with Gasteiger partial charge in [0.15, 0.2) is 0 Å². The average Bonchev–Trinajstić information content (AvgIpc) is 2.53. The van der Waals surface area contributed by atoms with Crippen molar-refractivity contribution >= 4 is 58.2 Å². The highest BCUT2D eigenvalue weighted by atomic mass is 35.5. The lowest BCUT2D eigenvalue weighted by atomic mass is 10.1. The Morgan fingerprint density at radius 1 is 1.33 bits per heavy atom. The van der Waals surface area contributed by atoms with E-state index in [9.17, 15) is 10.1 Å². The molecule has 1 amide bonds. The minimum absolute atomic E-state index is 0.0845. The summed E-state index contributed by atoms with van der Waals surface area (Å²) in [6.07, 6.45) is 0. The van der Waals surface area contributed by atoms with Crippen LogP contribution in [0.3, 0.4) is 0 Å². The molecule has 0 aliphatic carbocycles. The third kappa shape index (κ3) is 4.34. The Balaban J connectivity index is 2.11. The summed E-state index contributed by atoms with van der Waals surface area (Å²) in [7, 11) is 0. The third-order valence-corrected chi connectivity index (χ3v) is 5.24. The number of thioether (sulfide) groups is 1. The summed E-state index contributed by atoms with van der Waals surface area (Å²) in [6, 6.07) is 6.90. The topological polar surface area (TPSA) is 65.8 Å². The highest BCUT2D eigenvalue weighted by molar-refractivity contribution is 8.00. The number of aryl methyl sites for hydroxylation is 1. The first kappa shape index (κ1) is 18.9. The lowest BCUT2D eigenvalue weighted by molar-refractivity contribution is -0.113. The number of hydrogen-bond acceptors (Lipinski definition) is 4. The van der Waals surface area contributed by atoms with E-state index in [1.807, 2.05) is 0 Å². The van der Waals surface area contributed by atoms with E-state index in [1.165, 1.54) is 11.8 Å². The van der Waals surface area contributed by atoms with Crippen molar-refractivity contribution in [2.24, 2.45) is 0 Å². The fourth-order valence-electron chi connectivity index (χ4n) is 1.95. The molecule has 24 heavy (non-hydrogen) atoms. The summed E-state index contributed by atoms with van der Waals surface area (Å²) in [6.45, 7) is 3.52. The predicted octanol–water partition coefficient (Wildman–Crippen LogP) is 5.26. The quantitative estimate of drug-likeness (QED) is 0.711. The number of nitrogens with one attached hydrogen (secondary N) is 1. The van der Waals surface area contributed by atoms with Crippen LogP contribution in [0, 0.1) is 25.2 Å². The molecule has 0 radical (unpaired) electrons. The van der Waals surface area contributed by atoms with Gasteiger partial charge in [-0.3, -0.25) is 4.79 Å². The highest BCUT2D eigenvalue weighted by Gasteiger charge is 2.15. The number of aromatic nitrogens is 1. The second kappa shape index (κ2) is 8.09. The van der Waals surface area contributed by atoms with E-state index >= 15 is 0 Å². The SMILES string of the molecule is Cc1nc(SCC(=O)Nc2ccc(Cl)cc2Cl)c(C#N)c(C)c1Cl. The smallest absolute Gasteiger partial charge is 0.234 e. The summed E-state index contributed by atoms with van der Waals surface area (Å²) in [4.78, 5) is 16.4. The van der Waals surface area contributed by atoms with Crippen LogP contribution in [0.1, 0.15) is 16.8 Å². The van der Waals surface area contributed by atoms with E-state index in [1.54, 1.807) is 32.0 Å². The predicted molar refractivity (Wildman–Crippen MR) is 99.3 cm³/mol. The molecule has 124 valence electrons. The van der Waals surface area contributed by atoms with Crippen LogP contribution in [0.5, 0.6) is 0 Å². The summed E-state index contributed by atoms with van der Waals surface area (Å²) in [5.74, 6) is -0.179. The van der Waals surface area contributed by atoms with Crippen LogP contribution in [0.25, 0.3) is 0 Å². The zero-order chi connectivity index (χ0) is 17.9. The monoisotopic (exact) mass is 399 g/mol.